The van der Waals surface area contributed by atoms with E-state index in [1.807, 2.05) is 6.07 Å². The molecular weight excluding hydrogens is 348 g/mol. The first kappa shape index (κ1) is 20.7. The van der Waals surface area contributed by atoms with Crippen LogP contribution in [-0.4, -0.2) is 12.6 Å². The molecule has 0 saturated carbocycles. The summed E-state index contributed by atoms with van der Waals surface area (Å²) in [6.45, 7) is 2.81. The molecule has 0 aliphatic carbocycles. The van der Waals surface area contributed by atoms with Crippen molar-refractivity contribution in [3.05, 3.63) is 59.7 Å². The van der Waals surface area contributed by atoms with Gasteiger partial charge in [-0.1, -0.05) is 44.2 Å². The Kier molecular flexibility index (Phi) is 8.80. The molecule has 0 heterocycles. The Morgan fingerprint density at radius 3 is 2.61 bits per heavy atom. The summed E-state index contributed by atoms with van der Waals surface area (Å²) in [7, 11) is 0. The minimum Gasteiger partial charge on any atom is -0.494 e. The predicted molar refractivity (Wildman–Crippen MR) is 111 cm³/mol. The molecule has 3 heteroatoms. The SMILES string of the molecule is C#CC#CC#Cc1cccc(OC(=O)c2cccc(OCCCCCC)c2)c1. The molecule has 0 aromatic heterocycles. The van der Waals surface area contributed by atoms with E-state index < -0.39 is 5.97 Å². The summed E-state index contributed by atoms with van der Waals surface area (Å²) in [5, 5.41) is 0. The fourth-order valence-electron chi connectivity index (χ4n) is 2.41. The number of hydrogen-bond acceptors (Lipinski definition) is 3. The first-order chi connectivity index (χ1) is 13.7. The summed E-state index contributed by atoms with van der Waals surface area (Å²) in [4.78, 5) is 12.4. The fourth-order valence-corrected chi connectivity index (χ4v) is 2.41. The van der Waals surface area contributed by atoms with Gasteiger partial charge in [0.1, 0.15) is 11.5 Å². The molecule has 140 valence electrons. The van der Waals surface area contributed by atoms with Gasteiger partial charge in [0.05, 0.1) is 12.2 Å². The zero-order valence-corrected chi connectivity index (χ0v) is 16.0. The van der Waals surface area contributed by atoms with Gasteiger partial charge in [-0.15, -0.1) is 6.42 Å². The van der Waals surface area contributed by atoms with Crippen molar-refractivity contribution in [3.63, 3.8) is 0 Å². The second-order valence-electron chi connectivity index (χ2n) is 6.00. The molecule has 0 bridgehead atoms. The van der Waals surface area contributed by atoms with Gasteiger partial charge in [0.25, 0.3) is 0 Å². The number of carbonyl (C=O) groups excluding carboxylic acids is 1. The van der Waals surface area contributed by atoms with Gasteiger partial charge >= 0.3 is 5.97 Å². The van der Waals surface area contributed by atoms with Crippen LogP contribution in [0, 0.1) is 36.0 Å². The van der Waals surface area contributed by atoms with Gasteiger partial charge in [-0.25, -0.2) is 4.79 Å². The predicted octanol–water partition coefficient (Wildman–Crippen LogP) is 4.85. The lowest BCUT2D eigenvalue weighted by atomic mass is 10.2. The van der Waals surface area contributed by atoms with Gasteiger partial charge in [0.15, 0.2) is 0 Å². The quantitative estimate of drug-likeness (QED) is 0.288. The molecule has 0 fully saturated rings. The molecule has 0 radical (unpaired) electrons. The molecule has 0 spiro atoms. The molecule has 0 aliphatic rings. The maximum atomic E-state index is 12.4. The summed E-state index contributed by atoms with van der Waals surface area (Å²) >= 11 is 0. The molecule has 0 N–H and O–H groups in total. The maximum absolute atomic E-state index is 12.4. The van der Waals surface area contributed by atoms with E-state index in [1.165, 1.54) is 12.8 Å². The van der Waals surface area contributed by atoms with Crippen LogP contribution in [0.1, 0.15) is 48.5 Å². The van der Waals surface area contributed by atoms with E-state index in [2.05, 4.69) is 36.5 Å². The lowest BCUT2D eigenvalue weighted by Gasteiger charge is -2.08. The van der Waals surface area contributed by atoms with E-state index >= 15 is 0 Å². The molecule has 0 amide bonds. The van der Waals surface area contributed by atoms with Crippen LogP contribution in [0.2, 0.25) is 0 Å². The number of carbonyl (C=O) groups is 1. The first-order valence-corrected chi connectivity index (χ1v) is 9.24. The highest BCUT2D eigenvalue weighted by Gasteiger charge is 2.10. The lowest BCUT2D eigenvalue weighted by molar-refractivity contribution is 0.0734. The number of unbranched alkanes of at least 4 members (excludes halogenated alkanes) is 3. The van der Waals surface area contributed by atoms with Crippen LogP contribution in [0.3, 0.4) is 0 Å². The van der Waals surface area contributed by atoms with Crippen LogP contribution in [0.5, 0.6) is 11.5 Å². The number of rotatable bonds is 8. The summed E-state index contributed by atoms with van der Waals surface area (Å²) in [5.41, 5.74) is 1.11. The van der Waals surface area contributed by atoms with Crippen molar-refractivity contribution in [2.75, 3.05) is 6.61 Å². The fraction of sp³-hybridized carbons (Fsp3) is 0.240. The lowest BCUT2D eigenvalue weighted by Crippen LogP contribution is -2.09. The Balaban J connectivity index is 1.98. The average molecular weight is 370 g/mol. The van der Waals surface area contributed by atoms with Crippen LogP contribution in [0.4, 0.5) is 0 Å². The highest BCUT2D eigenvalue weighted by atomic mass is 16.5. The minimum absolute atomic E-state index is 0.410. The van der Waals surface area contributed by atoms with Crippen molar-refractivity contribution in [3.8, 4) is 47.5 Å². The van der Waals surface area contributed by atoms with Gasteiger partial charge in [0, 0.05) is 5.56 Å². The van der Waals surface area contributed by atoms with Gasteiger partial charge in [-0.2, -0.15) is 0 Å². The van der Waals surface area contributed by atoms with Gasteiger partial charge in [-0.3, -0.25) is 0 Å². The topological polar surface area (TPSA) is 35.5 Å². The summed E-state index contributed by atoms with van der Waals surface area (Å²) in [5.74, 6) is 13.3. The maximum Gasteiger partial charge on any atom is 0.343 e. The van der Waals surface area contributed by atoms with Gasteiger partial charge < -0.3 is 9.47 Å². The Bertz CT molecular complexity index is 959. The Morgan fingerprint density at radius 2 is 1.79 bits per heavy atom. The number of hydrogen-bond donors (Lipinski definition) is 0. The van der Waals surface area contributed by atoms with E-state index in [-0.39, 0.29) is 0 Å². The van der Waals surface area contributed by atoms with E-state index in [0.717, 1.165) is 12.8 Å². The van der Waals surface area contributed by atoms with E-state index in [9.17, 15) is 4.79 Å². The number of benzene rings is 2. The third-order valence-electron chi connectivity index (χ3n) is 3.78. The van der Waals surface area contributed by atoms with Crippen molar-refractivity contribution in [2.45, 2.75) is 32.6 Å². The van der Waals surface area contributed by atoms with E-state index in [4.69, 9.17) is 15.9 Å². The average Bonchev–Trinajstić information content (AvgIpc) is 2.71. The molecule has 28 heavy (non-hydrogen) atoms. The zero-order valence-electron chi connectivity index (χ0n) is 16.0. The van der Waals surface area contributed by atoms with E-state index in [0.29, 0.717) is 29.2 Å². The van der Waals surface area contributed by atoms with Crippen LogP contribution >= 0.6 is 0 Å². The molecule has 0 atom stereocenters. The molecule has 3 nitrogen and oxygen atoms in total. The minimum atomic E-state index is -0.450. The molecule has 0 aliphatic heterocycles. The number of esters is 1. The van der Waals surface area contributed by atoms with Crippen molar-refractivity contribution in [2.24, 2.45) is 0 Å². The highest BCUT2D eigenvalue weighted by molar-refractivity contribution is 5.91. The Hall–Kier alpha value is -3.61. The van der Waals surface area contributed by atoms with Gasteiger partial charge in [0.2, 0.25) is 0 Å². The third kappa shape index (κ3) is 7.33. The molecule has 2 aromatic rings. The normalized spacial score (nSPS) is 9.14. The number of ether oxygens (including phenoxy) is 2. The number of terminal acetylenes is 1. The van der Waals surface area contributed by atoms with Crippen molar-refractivity contribution < 1.29 is 14.3 Å². The van der Waals surface area contributed by atoms with E-state index in [1.54, 1.807) is 42.5 Å². The third-order valence-corrected chi connectivity index (χ3v) is 3.78. The van der Waals surface area contributed by atoms with Crippen molar-refractivity contribution in [1.29, 1.82) is 0 Å². The van der Waals surface area contributed by atoms with Crippen LogP contribution < -0.4 is 9.47 Å². The van der Waals surface area contributed by atoms with Crippen molar-refractivity contribution >= 4 is 5.97 Å². The second kappa shape index (κ2) is 11.9. The van der Waals surface area contributed by atoms with Crippen LogP contribution in [0.15, 0.2) is 48.5 Å². The van der Waals surface area contributed by atoms with Crippen LogP contribution in [0.25, 0.3) is 0 Å². The molecular formula is C25H22O3. The summed E-state index contributed by atoms with van der Waals surface area (Å²) < 4.78 is 11.2. The highest BCUT2D eigenvalue weighted by Crippen LogP contribution is 2.18. The molecule has 0 saturated heterocycles. The summed E-state index contributed by atoms with van der Waals surface area (Å²) in [6.07, 6.45) is 9.58. The summed E-state index contributed by atoms with van der Waals surface area (Å²) in [6, 6.07) is 14.0. The largest absolute Gasteiger partial charge is 0.494 e. The van der Waals surface area contributed by atoms with Crippen molar-refractivity contribution in [1.82, 2.24) is 0 Å². The first-order valence-electron chi connectivity index (χ1n) is 9.24. The zero-order chi connectivity index (χ0) is 20.0. The Morgan fingerprint density at radius 1 is 0.964 bits per heavy atom. The van der Waals surface area contributed by atoms with Crippen LogP contribution in [-0.2, 0) is 0 Å². The monoisotopic (exact) mass is 370 g/mol. The standard InChI is InChI=1S/C25H22O3/c1-3-5-7-9-13-21-14-11-17-24(19-21)28-25(26)22-15-12-16-23(20-22)27-18-10-8-6-4-2/h1,11-12,14-17,19-20H,4,6,8,10,18H2,2H3. The Labute approximate surface area is 167 Å². The molecule has 2 rings (SSSR count). The molecule has 2 aromatic carbocycles. The molecule has 0 unspecified atom stereocenters. The smallest absolute Gasteiger partial charge is 0.343 e. The van der Waals surface area contributed by atoms with Gasteiger partial charge in [-0.05, 0) is 66.5 Å². The second-order valence-corrected chi connectivity index (χ2v) is 6.00.